The fourth-order valence-corrected chi connectivity index (χ4v) is 2.89. The second kappa shape index (κ2) is 7.27. The van der Waals surface area contributed by atoms with Crippen LogP contribution >= 0.6 is 11.6 Å². The third-order valence-corrected chi connectivity index (χ3v) is 4.57. The predicted octanol–water partition coefficient (Wildman–Crippen LogP) is 2.31. The molecule has 0 radical (unpaired) electrons. The van der Waals surface area contributed by atoms with Crippen molar-refractivity contribution in [2.45, 2.75) is 19.8 Å². The lowest BCUT2D eigenvalue weighted by molar-refractivity contribution is -0.113. The SMILES string of the molecule is Cc1ccc(NC(=O)CS(=O)(=O)CCCC#N)cc1Cl. The van der Waals surface area contributed by atoms with Gasteiger partial charge in [-0.2, -0.15) is 5.26 Å². The molecule has 1 amide bonds. The number of halogens is 1. The van der Waals surface area contributed by atoms with Gasteiger partial charge in [0.15, 0.2) is 9.84 Å². The minimum Gasteiger partial charge on any atom is -0.325 e. The molecule has 7 heteroatoms. The molecule has 0 aliphatic heterocycles. The summed E-state index contributed by atoms with van der Waals surface area (Å²) in [7, 11) is -3.49. The van der Waals surface area contributed by atoms with Gasteiger partial charge in [0.25, 0.3) is 0 Å². The molecule has 0 fully saturated rings. The third kappa shape index (κ3) is 5.59. The lowest BCUT2D eigenvalue weighted by atomic mass is 10.2. The Balaban J connectivity index is 2.59. The number of unbranched alkanes of at least 4 members (excludes halogenated alkanes) is 1. The summed E-state index contributed by atoms with van der Waals surface area (Å²) in [6, 6.07) is 6.82. The Bertz CT molecular complexity index is 636. The highest BCUT2D eigenvalue weighted by atomic mass is 35.5. The molecule has 1 aromatic carbocycles. The molecule has 0 saturated heterocycles. The van der Waals surface area contributed by atoms with Crippen molar-refractivity contribution in [2.24, 2.45) is 0 Å². The van der Waals surface area contributed by atoms with E-state index in [1.54, 1.807) is 18.2 Å². The molecule has 0 heterocycles. The molecule has 0 bridgehead atoms. The van der Waals surface area contributed by atoms with Crippen molar-refractivity contribution < 1.29 is 13.2 Å². The van der Waals surface area contributed by atoms with Gasteiger partial charge in [0, 0.05) is 17.1 Å². The van der Waals surface area contributed by atoms with Crippen molar-refractivity contribution >= 4 is 33.0 Å². The Kier molecular flexibility index (Phi) is 5.99. The number of rotatable bonds is 6. The summed E-state index contributed by atoms with van der Waals surface area (Å²) in [6.45, 7) is 1.83. The van der Waals surface area contributed by atoms with Crippen LogP contribution in [0, 0.1) is 18.3 Å². The number of hydrogen-bond donors (Lipinski definition) is 1. The average Bonchev–Trinajstić information content (AvgIpc) is 2.33. The topological polar surface area (TPSA) is 87.0 Å². The van der Waals surface area contributed by atoms with E-state index >= 15 is 0 Å². The molecule has 0 aliphatic carbocycles. The minimum absolute atomic E-state index is 0.161. The van der Waals surface area contributed by atoms with Gasteiger partial charge < -0.3 is 5.32 Å². The van der Waals surface area contributed by atoms with E-state index in [9.17, 15) is 13.2 Å². The van der Waals surface area contributed by atoms with E-state index in [1.807, 2.05) is 13.0 Å². The van der Waals surface area contributed by atoms with Crippen molar-refractivity contribution in [2.75, 3.05) is 16.8 Å². The van der Waals surface area contributed by atoms with Crippen molar-refractivity contribution in [3.8, 4) is 6.07 Å². The highest BCUT2D eigenvalue weighted by molar-refractivity contribution is 7.92. The van der Waals surface area contributed by atoms with Crippen molar-refractivity contribution in [1.82, 2.24) is 0 Å². The van der Waals surface area contributed by atoms with Crippen LogP contribution in [0.3, 0.4) is 0 Å². The molecule has 5 nitrogen and oxygen atoms in total. The third-order valence-electron chi connectivity index (χ3n) is 2.55. The number of carbonyl (C=O) groups excluding carboxylic acids is 1. The Hall–Kier alpha value is -1.58. The number of benzene rings is 1. The van der Waals surface area contributed by atoms with Gasteiger partial charge >= 0.3 is 0 Å². The number of nitriles is 1. The zero-order valence-electron chi connectivity index (χ0n) is 11.0. The van der Waals surface area contributed by atoms with E-state index in [1.165, 1.54) is 0 Å². The van der Waals surface area contributed by atoms with Gasteiger partial charge in [0.05, 0.1) is 11.8 Å². The van der Waals surface area contributed by atoms with E-state index < -0.39 is 21.5 Å². The van der Waals surface area contributed by atoms with Crippen LogP contribution in [-0.4, -0.2) is 25.8 Å². The number of sulfone groups is 1. The van der Waals surface area contributed by atoms with Crippen molar-refractivity contribution in [3.63, 3.8) is 0 Å². The van der Waals surface area contributed by atoms with Gasteiger partial charge in [-0.15, -0.1) is 0 Å². The maximum atomic E-state index is 11.7. The molecule has 1 N–H and O–H groups in total. The highest BCUT2D eigenvalue weighted by Gasteiger charge is 2.16. The number of nitrogens with zero attached hydrogens (tertiary/aromatic N) is 1. The van der Waals surface area contributed by atoms with Gasteiger partial charge in [-0.1, -0.05) is 17.7 Å². The number of hydrogen-bond acceptors (Lipinski definition) is 4. The van der Waals surface area contributed by atoms with Crippen molar-refractivity contribution in [1.29, 1.82) is 5.26 Å². The lowest BCUT2D eigenvalue weighted by Crippen LogP contribution is -2.24. The molecule has 1 rings (SSSR count). The molecule has 20 heavy (non-hydrogen) atoms. The Labute approximate surface area is 123 Å². The van der Waals surface area contributed by atoms with Gasteiger partial charge in [-0.3, -0.25) is 4.79 Å². The second-order valence-electron chi connectivity index (χ2n) is 4.37. The van der Waals surface area contributed by atoms with E-state index in [0.29, 0.717) is 10.7 Å². The van der Waals surface area contributed by atoms with Crippen LogP contribution in [-0.2, 0) is 14.6 Å². The van der Waals surface area contributed by atoms with E-state index in [0.717, 1.165) is 5.56 Å². The first-order valence-corrected chi connectivity index (χ1v) is 8.17. The van der Waals surface area contributed by atoms with E-state index in [4.69, 9.17) is 16.9 Å². The molecule has 0 aliphatic rings. The Morgan fingerprint density at radius 1 is 1.45 bits per heavy atom. The summed E-state index contributed by atoms with van der Waals surface area (Å²) in [5, 5.41) is 11.3. The number of aryl methyl sites for hydroxylation is 1. The largest absolute Gasteiger partial charge is 0.325 e. The fourth-order valence-electron chi connectivity index (χ4n) is 1.51. The summed E-state index contributed by atoms with van der Waals surface area (Å²) >= 11 is 5.91. The van der Waals surface area contributed by atoms with Crippen LogP contribution in [0.25, 0.3) is 0 Å². The molecule has 0 atom stereocenters. The molecular formula is C13H15ClN2O3S. The van der Waals surface area contributed by atoms with Crippen LogP contribution in [0.15, 0.2) is 18.2 Å². The first-order valence-electron chi connectivity index (χ1n) is 5.97. The molecule has 0 saturated carbocycles. The summed E-state index contributed by atoms with van der Waals surface area (Å²) < 4.78 is 23.3. The molecule has 0 aromatic heterocycles. The van der Waals surface area contributed by atoms with E-state index in [-0.39, 0.29) is 18.6 Å². The quantitative estimate of drug-likeness (QED) is 0.816. The normalized spacial score (nSPS) is 10.8. The fraction of sp³-hybridized carbons (Fsp3) is 0.385. The predicted molar refractivity (Wildman–Crippen MR) is 78.3 cm³/mol. The summed E-state index contributed by atoms with van der Waals surface area (Å²) in [6.07, 6.45) is 0.400. The lowest BCUT2D eigenvalue weighted by Gasteiger charge is -2.07. The molecule has 0 spiro atoms. The Morgan fingerprint density at radius 2 is 2.15 bits per heavy atom. The zero-order valence-corrected chi connectivity index (χ0v) is 12.6. The molecule has 108 valence electrons. The van der Waals surface area contributed by atoms with Crippen LogP contribution in [0.5, 0.6) is 0 Å². The molecule has 0 unspecified atom stereocenters. The molecule has 1 aromatic rings. The minimum atomic E-state index is -3.49. The number of anilines is 1. The van der Waals surface area contributed by atoms with E-state index in [2.05, 4.69) is 5.32 Å². The summed E-state index contributed by atoms with van der Waals surface area (Å²) in [5.74, 6) is -1.37. The van der Waals surface area contributed by atoms with Crippen LogP contribution in [0.2, 0.25) is 5.02 Å². The first-order chi connectivity index (χ1) is 9.34. The van der Waals surface area contributed by atoms with Crippen molar-refractivity contribution in [3.05, 3.63) is 28.8 Å². The monoisotopic (exact) mass is 314 g/mol. The number of carbonyl (C=O) groups is 1. The smallest absolute Gasteiger partial charge is 0.239 e. The van der Waals surface area contributed by atoms with Gasteiger partial charge in [-0.05, 0) is 31.0 Å². The number of amides is 1. The summed E-state index contributed by atoms with van der Waals surface area (Å²) in [4.78, 5) is 11.7. The van der Waals surface area contributed by atoms with Crippen LogP contribution in [0.1, 0.15) is 18.4 Å². The second-order valence-corrected chi connectivity index (χ2v) is 6.96. The highest BCUT2D eigenvalue weighted by Crippen LogP contribution is 2.19. The van der Waals surface area contributed by atoms with Crippen LogP contribution < -0.4 is 5.32 Å². The zero-order chi connectivity index (χ0) is 15.2. The van der Waals surface area contributed by atoms with Crippen LogP contribution in [0.4, 0.5) is 5.69 Å². The average molecular weight is 315 g/mol. The van der Waals surface area contributed by atoms with Gasteiger partial charge in [0.1, 0.15) is 5.75 Å². The van der Waals surface area contributed by atoms with Gasteiger partial charge in [-0.25, -0.2) is 8.42 Å². The molecular weight excluding hydrogens is 300 g/mol. The summed E-state index contributed by atoms with van der Waals surface area (Å²) in [5.41, 5.74) is 1.33. The Morgan fingerprint density at radius 3 is 2.75 bits per heavy atom. The first kappa shape index (κ1) is 16.5. The number of nitrogens with one attached hydrogen (secondary N) is 1. The standard InChI is InChI=1S/C13H15ClN2O3S/c1-10-4-5-11(8-12(10)14)16-13(17)9-20(18,19)7-3-2-6-15/h4-5,8H,2-3,7,9H2,1H3,(H,16,17). The van der Waals surface area contributed by atoms with Gasteiger partial charge in [0.2, 0.25) is 5.91 Å². The maximum Gasteiger partial charge on any atom is 0.239 e. The maximum absolute atomic E-state index is 11.7.